The van der Waals surface area contributed by atoms with Crippen LogP contribution in [0.2, 0.25) is 0 Å². The van der Waals surface area contributed by atoms with Gasteiger partial charge in [0.05, 0.1) is 76.6 Å². The van der Waals surface area contributed by atoms with Gasteiger partial charge in [0.2, 0.25) is 23.6 Å². The lowest BCUT2D eigenvalue weighted by Gasteiger charge is -2.53. The number of carbonyl (C=O) groups is 5. The van der Waals surface area contributed by atoms with Crippen LogP contribution < -0.4 is 21.3 Å². The Kier molecular flexibility index (Phi) is 51.7. The molecule has 7 fully saturated rings. The summed E-state index contributed by atoms with van der Waals surface area (Å²) in [7, 11) is 0. The van der Waals surface area contributed by atoms with Gasteiger partial charge in [-0.25, -0.2) is 4.79 Å². The summed E-state index contributed by atoms with van der Waals surface area (Å²) in [4.78, 5) is 67.1. The molecule has 0 saturated carbocycles. The van der Waals surface area contributed by atoms with Crippen molar-refractivity contribution in [2.24, 2.45) is 0 Å². The molecule has 44 nitrogen and oxygen atoms in total. The van der Waals surface area contributed by atoms with Crippen LogP contribution in [0.4, 0.5) is 0 Å². The number of carbonyl (C=O) groups excluding carboxylic acids is 4. The number of carboxylic acid groups (broad SMARTS) is 1. The van der Waals surface area contributed by atoms with Crippen molar-refractivity contribution in [3.63, 3.8) is 0 Å². The van der Waals surface area contributed by atoms with Crippen LogP contribution in [-0.4, -0.2) is 416 Å². The van der Waals surface area contributed by atoms with E-state index in [9.17, 15) is 131 Å². The molecule has 0 aliphatic carbocycles. The van der Waals surface area contributed by atoms with Gasteiger partial charge in [-0.15, -0.1) is 0 Å². The number of ether oxygens (including phenoxy) is 14. The van der Waals surface area contributed by atoms with Gasteiger partial charge in [0.15, 0.2) is 37.7 Å². The second-order valence-electron chi connectivity index (χ2n) is 36.3. The number of rotatable bonds is 60. The fraction of sp³-hybridized carbons (Fsp3) is 0.921. The summed E-state index contributed by atoms with van der Waals surface area (Å²) < 4.78 is 85.0. The van der Waals surface area contributed by atoms with E-state index in [1.165, 1.54) is 122 Å². The minimum Gasteiger partial charge on any atom is -0.477 e. The first kappa shape index (κ1) is 116. The molecule has 774 valence electrons. The highest BCUT2D eigenvalue weighted by atomic mass is 16.8. The molecule has 25 N–H and O–H groups in total. The SMILES string of the molecule is CCCCCCCCCCCCC/C=C/[C@@H](O)[C@H](CO[C@@H]1OC(CO)[C@@H](O[C@@H]2OC(CO)[C@H](O[C@@H]3OC(CO)[C@H](O)[C@H](O[C@@H]4OC(CO)[C@H](O)[C@H](O[C@@H]5OC(CO)[C@H](O)[C@H](O[C@H]6OC(C)[C@@H](O)C(O)[C@@H]6O)C5NC(C)=O)C4O)C3NC(C)=O)[C@H](O[C@]3(C(=O)O)CC(O)[C@@H](NC(C)=O)C([C@H](O)[C@H](O)CO)O3)C2O)[C@H](O)C1O)NC(=O)CCCCCCCCCCCCCCCCCCC. The van der Waals surface area contributed by atoms with Gasteiger partial charge in [0.25, 0.3) is 5.79 Å². The van der Waals surface area contributed by atoms with Crippen molar-refractivity contribution in [2.45, 2.75) is 473 Å². The van der Waals surface area contributed by atoms with Crippen LogP contribution >= 0.6 is 0 Å². The maximum atomic E-state index is 14.1. The number of aliphatic hydroxyl groups excluding tert-OH is 20. The van der Waals surface area contributed by atoms with E-state index in [0.717, 1.165) is 85.0 Å². The molecule has 0 spiro atoms. The van der Waals surface area contributed by atoms with Crippen LogP contribution in [0.3, 0.4) is 0 Å². The van der Waals surface area contributed by atoms with Crippen molar-refractivity contribution in [3.05, 3.63) is 12.2 Å². The largest absolute Gasteiger partial charge is 0.477 e. The first-order valence-corrected chi connectivity index (χ1v) is 48.0. The Labute approximate surface area is 776 Å². The average Bonchev–Trinajstić information content (AvgIpc) is 0.737. The molecule has 133 heavy (non-hydrogen) atoms. The summed E-state index contributed by atoms with van der Waals surface area (Å²) in [6.45, 7) is 0.896. The summed E-state index contributed by atoms with van der Waals surface area (Å²) in [6.07, 6.45) is -34.4. The standard InChI is InChI=1S/C89H158N4O40/c1-7-9-11-13-15-17-19-21-22-23-24-26-28-30-32-34-36-38-60(106)93-51(52(103)37-35-33-31-29-27-25-20-18-16-14-12-10-8-2)46-120-84-72(115)70(113)75(58(44-98)125-84)127-87-74(117)81(133-89(88(118)119)39-53(104)61(90-48(4)100)79(132-89)65(108)54(105)40-94)76(59(45-99)126-87)128-82-62(91-49(5)101)78(67(110)55(41-95)122-82)130-86-73(116)80(68(111)57(43-97)124-86)131-83-63(92-50(6)102)77(66(109)56(42-96)123-83)129-85-71(114)69(112)64(107)47(3)121-85/h35,37,47,51-59,61-87,94-99,103-105,107-117H,7-34,36,38-46H2,1-6H3,(H,90,100)(H,91,101)(H,92,102)(H,93,106)(H,118,119)/b37-35+/t47?,51-,52+,53?,54+,55?,56?,57?,58?,59?,61+,62?,63?,64+,65+,66-,67-,68-,69?,70+,71-,72?,73?,74?,75+,76-,77+,78+,79?,80-,81+,82-,83-,84+,85+,86-,87-,89-/m0/s1. The second kappa shape index (κ2) is 59.5. The van der Waals surface area contributed by atoms with Gasteiger partial charge >= 0.3 is 5.97 Å². The van der Waals surface area contributed by atoms with E-state index < -0.39 is 315 Å². The lowest BCUT2D eigenvalue weighted by atomic mass is 9.88. The topological polar surface area (TPSA) is 688 Å². The zero-order chi connectivity index (χ0) is 97.8. The molecule has 38 atom stereocenters. The molecule has 7 rings (SSSR count). The van der Waals surface area contributed by atoms with Gasteiger partial charge in [0, 0.05) is 33.6 Å². The zero-order valence-corrected chi connectivity index (χ0v) is 77.5. The third kappa shape index (κ3) is 34.0. The predicted octanol–water partition coefficient (Wildman–Crippen LogP) is -3.44. The normalized spacial score (nSPS) is 37.1. The number of hydrogen-bond acceptors (Lipinski definition) is 39. The molecule has 7 heterocycles. The Morgan fingerprint density at radius 3 is 1.23 bits per heavy atom. The fourth-order valence-corrected chi connectivity index (χ4v) is 18.0. The number of amides is 4. The second-order valence-corrected chi connectivity index (χ2v) is 36.3. The number of carboxylic acids is 1. The van der Waals surface area contributed by atoms with E-state index in [2.05, 4.69) is 35.1 Å². The quantitative estimate of drug-likeness (QED) is 0.0208. The van der Waals surface area contributed by atoms with Crippen LogP contribution in [0.1, 0.15) is 241 Å². The maximum Gasteiger partial charge on any atom is 0.364 e. The van der Waals surface area contributed by atoms with E-state index in [4.69, 9.17) is 66.3 Å². The third-order valence-corrected chi connectivity index (χ3v) is 25.7. The Hall–Kier alpha value is -4.27. The molecule has 0 aromatic rings. The van der Waals surface area contributed by atoms with E-state index in [1.807, 2.05) is 0 Å². The molecule has 0 bridgehead atoms. The Morgan fingerprint density at radius 1 is 0.406 bits per heavy atom. The molecule has 7 aliphatic rings. The Bertz CT molecular complexity index is 3320. The third-order valence-electron chi connectivity index (χ3n) is 25.7. The van der Waals surface area contributed by atoms with Gasteiger partial charge in [-0.1, -0.05) is 193 Å². The van der Waals surface area contributed by atoms with Crippen LogP contribution in [-0.2, 0) is 90.3 Å². The van der Waals surface area contributed by atoms with Gasteiger partial charge in [-0.3, -0.25) is 19.2 Å². The van der Waals surface area contributed by atoms with Crippen LogP contribution in [0, 0.1) is 0 Å². The van der Waals surface area contributed by atoms with Gasteiger partial charge < -0.3 is 195 Å². The number of unbranched alkanes of at least 4 members (excludes halogenated alkanes) is 27. The lowest BCUT2D eigenvalue weighted by molar-refractivity contribution is -0.404. The molecule has 7 aliphatic heterocycles. The van der Waals surface area contributed by atoms with Crippen molar-refractivity contribution in [1.29, 1.82) is 0 Å². The molecule has 0 aromatic heterocycles. The van der Waals surface area contributed by atoms with Crippen molar-refractivity contribution in [3.8, 4) is 0 Å². The number of hydrogen-bond donors (Lipinski definition) is 25. The Balaban J connectivity index is 1.15. The first-order chi connectivity index (χ1) is 63.6. The molecule has 14 unspecified atom stereocenters. The Morgan fingerprint density at radius 2 is 0.782 bits per heavy atom. The first-order valence-electron chi connectivity index (χ1n) is 48.0. The summed E-state index contributed by atoms with van der Waals surface area (Å²) in [5.74, 6) is -8.94. The van der Waals surface area contributed by atoms with Crippen LogP contribution in [0.15, 0.2) is 12.2 Å². The number of allylic oxidation sites excluding steroid dienone is 1. The summed E-state index contributed by atoms with van der Waals surface area (Å²) in [6, 6.07) is -6.92. The molecule has 0 radical (unpaired) electrons. The van der Waals surface area contributed by atoms with Crippen molar-refractivity contribution in [1.82, 2.24) is 21.3 Å². The smallest absolute Gasteiger partial charge is 0.364 e. The van der Waals surface area contributed by atoms with E-state index >= 15 is 0 Å². The summed E-state index contributed by atoms with van der Waals surface area (Å²) in [5, 5.41) is 249. The van der Waals surface area contributed by atoms with Gasteiger partial charge in [0.1, 0.15) is 159 Å². The van der Waals surface area contributed by atoms with Gasteiger partial charge in [-0.05, 0) is 26.2 Å². The lowest BCUT2D eigenvalue weighted by Crippen LogP contribution is -2.72. The van der Waals surface area contributed by atoms with Crippen LogP contribution in [0.25, 0.3) is 0 Å². The molecule has 7 saturated heterocycles. The van der Waals surface area contributed by atoms with E-state index in [0.29, 0.717) is 12.8 Å². The number of aliphatic carboxylic acids is 1. The fourth-order valence-electron chi connectivity index (χ4n) is 18.0. The van der Waals surface area contributed by atoms with Crippen LogP contribution in [0.5, 0.6) is 0 Å². The highest BCUT2D eigenvalue weighted by molar-refractivity contribution is 5.77. The monoisotopic (exact) mass is 1920 g/mol. The average molecular weight is 1920 g/mol. The van der Waals surface area contributed by atoms with Crippen molar-refractivity contribution < 1.29 is 198 Å². The van der Waals surface area contributed by atoms with Crippen molar-refractivity contribution in [2.75, 3.05) is 46.2 Å². The van der Waals surface area contributed by atoms with E-state index in [1.54, 1.807) is 6.08 Å². The number of nitrogens with one attached hydrogen (secondary N) is 4. The summed E-state index contributed by atoms with van der Waals surface area (Å²) >= 11 is 0. The molecule has 44 heteroatoms. The molecular formula is C89H158N4O40. The van der Waals surface area contributed by atoms with Crippen molar-refractivity contribution >= 4 is 29.6 Å². The highest BCUT2D eigenvalue weighted by Gasteiger charge is 2.63. The minimum atomic E-state index is -3.48. The van der Waals surface area contributed by atoms with Gasteiger partial charge in [-0.2, -0.15) is 0 Å². The van der Waals surface area contributed by atoms with E-state index in [-0.39, 0.29) is 6.42 Å². The predicted molar refractivity (Wildman–Crippen MR) is 463 cm³/mol. The molecule has 4 amide bonds. The minimum absolute atomic E-state index is 0.101. The maximum absolute atomic E-state index is 14.1. The number of aliphatic hydroxyl groups is 20. The summed E-state index contributed by atoms with van der Waals surface area (Å²) in [5.41, 5.74) is 0. The highest BCUT2D eigenvalue weighted by Crippen LogP contribution is 2.43. The molecular weight excluding hydrogens is 1760 g/mol. The molecule has 0 aromatic carbocycles. The zero-order valence-electron chi connectivity index (χ0n) is 77.5.